The second-order valence-electron chi connectivity index (χ2n) is 5.31. The molecule has 5 nitrogen and oxygen atoms in total. The van der Waals surface area contributed by atoms with Crippen LogP contribution < -0.4 is 4.90 Å². The fourth-order valence-corrected chi connectivity index (χ4v) is 2.68. The molecular weight excluding hydrogens is 242 g/mol. The van der Waals surface area contributed by atoms with Crippen LogP contribution in [0.3, 0.4) is 0 Å². The molecule has 1 aromatic rings. The van der Waals surface area contributed by atoms with E-state index in [1.807, 2.05) is 13.0 Å². The quantitative estimate of drug-likeness (QED) is 0.878. The molecule has 2 rings (SSSR count). The van der Waals surface area contributed by atoms with E-state index in [2.05, 4.69) is 28.8 Å². The minimum absolute atomic E-state index is 0.294. The predicted octanol–water partition coefficient (Wildman–Crippen LogP) is 1.62. The number of hydrogen-bond donors (Lipinski definition) is 1. The zero-order chi connectivity index (χ0) is 14.0. The highest BCUT2D eigenvalue weighted by Gasteiger charge is 2.24. The Morgan fingerprint density at radius 3 is 2.89 bits per heavy atom. The number of nitrogens with zero attached hydrogens (tertiary/aromatic N) is 3. The van der Waals surface area contributed by atoms with Crippen LogP contribution in [0.15, 0.2) is 12.3 Å². The van der Waals surface area contributed by atoms with Crippen molar-refractivity contribution in [2.45, 2.75) is 26.3 Å². The van der Waals surface area contributed by atoms with Crippen molar-refractivity contribution in [2.75, 3.05) is 31.6 Å². The van der Waals surface area contributed by atoms with Gasteiger partial charge in [0.05, 0.1) is 5.69 Å². The van der Waals surface area contributed by atoms with Crippen molar-refractivity contribution in [1.29, 1.82) is 0 Å². The summed E-state index contributed by atoms with van der Waals surface area (Å²) in [5.41, 5.74) is 1.94. The van der Waals surface area contributed by atoms with E-state index in [1.165, 1.54) is 6.20 Å². The Hall–Kier alpha value is -1.62. The number of anilines is 1. The summed E-state index contributed by atoms with van der Waals surface area (Å²) >= 11 is 0. The van der Waals surface area contributed by atoms with Crippen molar-refractivity contribution in [2.24, 2.45) is 0 Å². The number of likely N-dealkylation sites (N-methyl/N-ethyl adjacent to an activating group) is 1. The van der Waals surface area contributed by atoms with Gasteiger partial charge >= 0.3 is 5.97 Å². The Labute approximate surface area is 113 Å². The Balaban J connectivity index is 2.38. The largest absolute Gasteiger partial charge is 0.478 e. The van der Waals surface area contributed by atoms with E-state index in [0.717, 1.165) is 37.4 Å². The third kappa shape index (κ3) is 3.04. The van der Waals surface area contributed by atoms with Crippen molar-refractivity contribution in [1.82, 2.24) is 9.88 Å². The number of hydrogen-bond acceptors (Lipinski definition) is 4. The van der Waals surface area contributed by atoms with E-state index < -0.39 is 5.97 Å². The summed E-state index contributed by atoms with van der Waals surface area (Å²) in [6, 6.07) is 2.18. The maximum Gasteiger partial charge on any atom is 0.339 e. The second kappa shape index (κ2) is 5.57. The summed E-state index contributed by atoms with van der Waals surface area (Å²) in [6.45, 7) is 6.91. The Kier molecular flexibility index (Phi) is 4.04. The summed E-state index contributed by atoms with van der Waals surface area (Å²) in [6.07, 6.45) is 2.51. The van der Waals surface area contributed by atoms with E-state index >= 15 is 0 Å². The SMILES string of the molecule is Cc1cc(N2CCCN(C)CC2C)c(C(=O)O)cn1. The fourth-order valence-electron chi connectivity index (χ4n) is 2.68. The van der Waals surface area contributed by atoms with Crippen LogP contribution in [0.4, 0.5) is 5.69 Å². The van der Waals surface area contributed by atoms with Crippen molar-refractivity contribution in [3.63, 3.8) is 0 Å². The lowest BCUT2D eigenvalue weighted by Crippen LogP contribution is -2.38. The van der Waals surface area contributed by atoms with E-state index in [9.17, 15) is 9.90 Å². The number of carbonyl (C=O) groups is 1. The molecule has 0 bridgehead atoms. The lowest BCUT2D eigenvalue weighted by molar-refractivity contribution is 0.0697. The fraction of sp³-hybridized carbons (Fsp3) is 0.571. The molecule has 5 heteroatoms. The lowest BCUT2D eigenvalue weighted by Gasteiger charge is -2.31. The van der Waals surface area contributed by atoms with Gasteiger partial charge in [0, 0.05) is 31.0 Å². The van der Waals surface area contributed by atoms with Crippen molar-refractivity contribution in [3.8, 4) is 0 Å². The Morgan fingerprint density at radius 1 is 1.47 bits per heavy atom. The monoisotopic (exact) mass is 263 g/mol. The van der Waals surface area contributed by atoms with Gasteiger partial charge in [-0.15, -0.1) is 0 Å². The average molecular weight is 263 g/mol. The summed E-state index contributed by atoms with van der Waals surface area (Å²) in [5, 5.41) is 9.32. The molecule has 1 aromatic heterocycles. The molecule has 1 aliphatic rings. The van der Waals surface area contributed by atoms with Crippen LogP contribution in [-0.2, 0) is 0 Å². The van der Waals surface area contributed by atoms with Crippen LogP contribution in [-0.4, -0.2) is 53.7 Å². The Bertz CT molecular complexity index is 476. The number of pyridine rings is 1. The molecule has 19 heavy (non-hydrogen) atoms. The van der Waals surface area contributed by atoms with Crippen LogP contribution >= 0.6 is 0 Å². The third-order valence-corrected chi connectivity index (χ3v) is 3.61. The highest BCUT2D eigenvalue weighted by atomic mass is 16.4. The van der Waals surface area contributed by atoms with E-state index in [4.69, 9.17) is 0 Å². The number of carboxylic acid groups (broad SMARTS) is 1. The molecule has 0 spiro atoms. The van der Waals surface area contributed by atoms with Gasteiger partial charge in [-0.1, -0.05) is 0 Å². The van der Waals surface area contributed by atoms with Gasteiger partial charge in [-0.05, 0) is 39.9 Å². The molecule has 1 unspecified atom stereocenters. The first-order valence-electron chi connectivity index (χ1n) is 6.64. The van der Waals surface area contributed by atoms with Gasteiger partial charge in [0.25, 0.3) is 0 Å². The van der Waals surface area contributed by atoms with E-state index in [-0.39, 0.29) is 0 Å². The predicted molar refractivity (Wildman–Crippen MR) is 74.9 cm³/mol. The minimum Gasteiger partial charge on any atom is -0.478 e. The summed E-state index contributed by atoms with van der Waals surface area (Å²) in [4.78, 5) is 19.9. The van der Waals surface area contributed by atoms with Gasteiger partial charge in [-0.25, -0.2) is 4.79 Å². The molecule has 0 aliphatic carbocycles. The highest BCUT2D eigenvalue weighted by molar-refractivity contribution is 5.94. The molecule has 0 radical (unpaired) electrons. The van der Waals surface area contributed by atoms with Crippen LogP contribution in [0.2, 0.25) is 0 Å². The van der Waals surface area contributed by atoms with Crippen molar-refractivity contribution >= 4 is 11.7 Å². The van der Waals surface area contributed by atoms with E-state index in [0.29, 0.717) is 11.6 Å². The van der Waals surface area contributed by atoms with Gasteiger partial charge in [0.15, 0.2) is 0 Å². The molecule has 2 heterocycles. The third-order valence-electron chi connectivity index (χ3n) is 3.61. The van der Waals surface area contributed by atoms with Gasteiger partial charge in [-0.2, -0.15) is 0 Å². The minimum atomic E-state index is -0.910. The van der Waals surface area contributed by atoms with Crippen molar-refractivity contribution in [3.05, 3.63) is 23.5 Å². The number of rotatable bonds is 2. The summed E-state index contributed by atoms with van der Waals surface area (Å²) in [5.74, 6) is -0.910. The molecule has 1 atom stereocenters. The summed E-state index contributed by atoms with van der Waals surface area (Å²) < 4.78 is 0. The molecule has 1 N–H and O–H groups in total. The average Bonchev–Trinajstić information content (AvgIpc) is 2.49. The topological polar surface area (TPSA) is 56.7 Å². The zero-order valence-electron chi connectivity index (χ0n) is 11.8. The zero-order valence-corrected chi connectivity index (χ0v) is 11.8. The highest BCUT2D eigenvalue weighted by Crippen LogP contribution is 2.25. The van der Waals surface area contributed by atoms with Crippen LogP contribution in [0, 0.1) is 6.92 Å². The van der Waals surface area contributed by atoms with Crippen LogP contribution in [0.5, 0.6) is 0 Å². The molecule has 0 aromatic carbocycles. The smallest absolute Gasteiger partial charge is 0.339 e. The molecule has 0 saturated carbocycles. The van der Waals surface area contributed by atoms with Crippen molar-refractivity contribution < 1.29 is 9.90 Å². The first-order valence-corrected chi connectivity index (χ1v) is 6.64. The van der Waals surface area contributed by atoms with Gasteiger partial charge < -0.3 is 14.9 Å². The molecule has 104 valence electrons. The summed E-state index contributed by atoms with van der Waals surface area (Å²) in [7, 11) is 2.11. The second-order valence-corrected chi connectivity index (χ2v) is 5.31. The van der Waals surface area contributed by atoms with Crippen LogP contribution in [0.25, 0.3) is 0 Å². The van der Waals surface area contributed by atoms with Gasteiger partial charge in [-0.3, -0.25) is 4.98 Å². The number of carboxylic acids is 1. The number of aromatic nitrogens is 1. The number of aryl methyl sites for hydroxylation is 1. The standard InChI is InChI=1S/C14H21N3O2/c1-10-7-13(12(8-15-10)14(18)19)17-6-4-5-16(3)9-11(17)2/h7-8,11H,4-6,9H2,1-3H3,(H,18,19). The molecular formula is C14H21N3O2. The van der Waals surface area contributed by atoms with E-state index in [1.54, 1.807) is 0 Å². The lowest BCUT2D eigenvalue weighted by atomic mass is 10.1. The number of aromatic carboxylic acids is 1. The van der Waals surface area contributed by atoms with Gasteiger partial charge in [0.2, 0.25) is 0 Å². The van der Waals surface area contributed by atoms with Crippen LogP contribution in [0.1, 0.15) is 29.4 Å². The Morgan fingerprint density at radius 2 is 2.21 bits per heavy atom. The molecule has 0 amide bonds. The molecule has 1 fully saturated rings. The molecule has 1 saturated heterocycles. The molecule has 1 aliphatic heterocycles. The first kappa shape index (κ1) is 13.8. The maximum absolute atomic E-state index is 11.4. The maximum atomic E-state index is 11.4. The first-order chi connectivity index (χ1) is 8.99. The normalized spacial score (nSPS) is 21.2. The van der Waals surface area contributed by atoms with Gasteiger partial charge in [0.1, 0.15) is 5.56 Å².